The number of carbonyl (C=O) groups excluding carboxylic acids is 1. The van der Waals surface area contributed by atoms with Crippen LogP contribution in [-0.4, -0.2) is 24.8 Å². The van der Waals surface area contributed by atoms with Gasteiger partial charge in [0.25, 0.3) is 5.91 Å². The summed E-state index contributed by atoms with van der Waals surface area (Å²) in [5.74, 6) is 1.13. The third-order valence-corrected chi connectivity index (χ3v) is 4.99. The van der Waals surface area contributed by atoms with Gasteiger partial charge in [-0.25, -0.2) is 5.43 Å². The van der Waals surface area contributed by atoms with Crippen molar-refractivity contribution in [3.63, 3.8) is 0 Å². The maximum atomic E-state index is 12.9. The summed E-state index contributed by atoms with van der Waals surface area (Å²) in [5, 5.41) is 4.48. The summed E-state index contributed by atoms with van der Waals surface area (Å²) in [5.41, 5.74) is 6.07. The van der Waals surface area contributed by atoms with Crippen LogP contribution in [0.3, 0.4) is 0 Å². The summed E-state index contributed by atoms with van der Waals surface area (Å²) < 4.78 is 11.4. The van der Waals surface area contributed by atoms with Gasteiger partial charge in [0.2, 0.25) is 0 Å². The van der Waals surface area contributed by atoms with Crippen LogP contribution < -0.4 is 14.9 Å². The van der Waals surface area contributed by atoms with Gasteiger partial charge in [-0.1, -0.05) is 54.0 Å². The molecule has 5 heteroatoms. The van der Waals surface area contributed by atoms with Crippen LogP contribution in [0.4, 0.5) is 0 Å². The van der Waals surface area contributed by atoms with Crippen molar-refractivity contribution in [1.29, 1.82) is 0 Å². The number of benzene rings is 1. The highest BCUT2D eigenvalue weighted by Gasteiger charge is 2.23. The SMILES string of the molecule is CCc1c(C(=O)N/N=C(\C=C(/C)C(C)(C)C)C(C)(C)C)ccc2c1OCCO2. The Balaban J connectivity index is 2.34. The number of hydrogen-bond acceptors (Lipinski definition) is 4. The summed E-state index contributed by atoms with van der Waals surface area (Å²) >= 11 is 0. The van der Waals surface area contributed by atoms with E-state index in [4.69, 9.17) is 9.47 Å². The number of allylic oxidation sites excluding steroid dienone is 2. The normalized spacial score (nSPS) is 15.4. The molecule has 0 aliphatic carbocycles. The van der Waals surface area contributed by atoms with Crippen LogP contribution in [0.15, 0.2) is 28.9 Å². The van der Waals surface area contributed by atoms with Gasteiger partial charge in [-0.05, 0) is 37.0 Å². The van der Waals surface area contributed by atoms with Crippen LogP contribution in [0, 0.1) is 10.8 Å². The first-order valence-corrected chi connectivity index (χ1v) is 9.94. The lowest BCUT2D eigenvalue weighted by atomic mass is 9.82. The largest absolute Gasteiger partial charge is 0.486 e. The molecule has 2 rings (SSSR count). The zero-order valence-corrected chi connectivity index (χ0v) is 18.5. The fraction of sp³-hybridized carbons (Fsp3) is 0.565. The number of rotatable bonds is 4. The standard InChI is InChI=1S/C23H34N2O3/c1-9-16-17(10-11-18-20(16)28-13-12-27-18)21(26)25-24-19(23(6,7)8)14-15(2)22(3,4)5/h10-11,14H,9,12-13H2,1-8H3,(H,25,26)/b15-14+,24-19+. The van der Waals surface area contributed by atoms with Gasteiger partial charge in [0.1, 0.15) is 13.2 Å². The van der Waals surface area contributed by atoms with E-state index in [0.717, 1.165) is 11.3 Å². The summed E-state index contributed by atoms with van der Waals surface area (Å²) in [7, 11) is 0. The second-order valence-electron chi connectivity index (χ2n) is 9.23. The third kappa shape index (κ3) is 5.15. The molecule has 0 spiro atoms. The van der Waals surface area contributed by atoms with Crippen LogP contribution >= 0.6 is 0 Å². The maximum absolute atomic E-state index is 12.9. The molecular formula is C23H34N2O3. The number of ether oxygens (including phenoxy) is 2. The van der Waals surface area contributed by atoms with E-state index >= 15 is 0 Å². The first kappa shape index (κ1) is 22.0. The molecule has 1 N–H and O–H groups in total. The molecule has 1 amide bonds. The van der Waals surface area contributed by atoms with Crippen LogP contribution in [0.5, 0.6) is 11.5 Å². The molecule has 1 aromatic carbocycles. The van der Waals surface area contributed by atoms with E-state index in [9.17, 15) is 4.79 Å². The highest BCUT2D eigenvalue weighted by atomic mass is 16.6. The van der Waals surface area contributed by atoms with Crippen molar-refractivity contribution in [1.82, 2.24) is 5.43 Å². The highest BCUT2D eigenvalue weighted by Crippen LogP contribution is 2.36. The summed E-state index contributed by atoms with van der Waals surface area (Å²) in [6.07, 6.45) is 2.75. The molecule has 28 heavy (non-hydrogen) atoms. The van der Waals surface area contributed by atoms with E-state index in [-0.39, 0.29) is 16.7 Å². The lowest BCUT2D eigenvalue weighted by molar-refractivity contribution is 0.0952. The molecule has 5 nitrogen and oxygen atoms in total. The summed E-state index contributed by atoms with van der Waals surface area (Å²) in [6, 6.07) is 3.57. The van der Waals surface area contributed by atoms with E-state index in [1.165, 1.54) is 5.57 Å². The first-order valence-electron chi connectivity index (χ1n) is 9.94. The Morgan fingerprint density at radius 3 is 2.32 bits per heavy atom. The van der Waals surface area contributed by atoms with Gasteiger partial charge in [0, 0.05) is 16.5 Å². The minimum absolute atomic E-state index is 0.0429. The van der Waals surface area contributed by atoms with Crippen LogP contribution in [0.25, 0.3) is 0 Å². The molecule has 1 heterocycles. The van der Waals surface area contributed by atoms with Crippen LogP contribution in [0.1, 0.15) is 71.3 Å². The van der Waals surface area contributed by atoms with Crippen molar-refractivity contribution in [2.24, 2.45) is 15.9 Å². The van der Waals surface area contributed by atoms with Gasteiger partial charge in [0.05, 0.1) is 5.71 Å². The smallest absolute Gasteiger partial charge is 0.271 e. The lowest BCUT2D eigenvalue weighted by Gasteiger charge is -2.24. The molecule has 0 fully saturated rings. The zero-order valence-electron chi connectivity index (χ0n) is 18.5. The fourth-order valence-electron chi connectivity index (χ4n) is 2.75. The molecule has 0 radical (unpaired) electrons. The Morgan fingerprint density at radius 1 is 1.11 bits per heavy atom. The number of hydrogen-bond donors (Lipinski definition) is 1. The quantitative estimate of drug-likeness (QED) is 0.575. The molecule has 154 valence electrons. The van der Waals surface area contributed by atoms with Gasteiger partial charge < -0.3 is 9.47 Å². The minimum atomic E-state index is -0.239. The van der Waals surface area contributed by atoms with Gasteiger partial charge in [-0.2, -0.15) is 5.10 Å². The molecule has 1 aliphatic heterocycles. The maximum Gasteiger partial charge on any atom is 0.271 e. The Hall–Kier alpha value is -2.30. The van der Waals surface area contributed by atoms with Crippen molar-refractivity contribution >= 4 is 11.6 Å². The van der Waals surface area contributed by atoms with E-state index in [0.29, 0.717) is 36.7 Å². The van der Waals surface area contributed by atoms with Gasteiger partial charge in [-0.15, -0.1) is 0 Å². The highest BCUT2D eigenvalue weighted by molar-refractivity contribution is 6.02. The Morgan fingerprint density at radius 2 is 1.75 bits per heavy atom. The average Bonchev–Trinajstić information content (AvgIpc) is 2.61. The van der Waals surface area contributed by atoms with Crippen LogP contribution in [-0.2, 0) is 6.42 Å². The number of nitrogens with zero attached hydrogens (tertiary/aromatic N) is 1. The molecule has 0 bridgehead atoms. The molecule has 1 aromatic rings. The molecule has 0 saturated heterocycles. The molecule has 0 unspecified atom stereocenters. The first-order chi connectivity index (χ1) is 12.9. The average molecular weight is 387 g/mol. The summed E-state index contributed by atoms with van der Waals surface area (Å²) in [4.78, 5) is 12.9. The molecule has 1 aliphatic rings. The zero-order chi connectivity index (χ0) is 21.1. The molecular weight excluding hydrogens is 352 g/mol. The number of fused-ring (bicyclic) bond motifs is 1. The molecule has 0 aromatic heterocycles. The van der Waals surface area contributed by atoms with E-state index in [1.807, 2.05) is 6.92 Å². The van der Waals surface area contributed by atoms with Crippen molar-refractivity contribution in [3.05, 3.63) is 34.9 Å². The van der Waals surface area contributed by atoms with Crippen molar-refractivity contribution in [3.8, 4) is 11.5 Å². The van der Waals surface area contributed by atoms with Crippen LogP contribution in [0.2, 0.25) is 0 Å². The van der Waals surface area contributed by atoms with E-state index in [2.05, 4.69) is 65.1 Å². The van der Waals surface area contributed by atoms with Crippen molar-refractivity contribution in [2.45, 2.75) is 61.8 Å². The van der Waals surface area contributed by atoms with Crippen molar-refractivity contribution in [2.75, 3.05) is 13.2 Å². The summed E-state index contributed by atoms with van der Waals surface area (Å²) in [6.45, 7) is 17.9. The minimum Gasteiger partial charge on any atom is -0.486 e. The number of amides is 1. The van der Waals surface area contributed by atoms with E-state index in [1.54, 1.807) is 12.1 Å². The number of nitrogens with one attached hydrogen (secondary N) is 1. The number of carbonyl (C=O) groups is 1. The van der Waals surface area contributed by atoms with E-state index < -0.39 is 0 Å². The molecule has 0 saturated carbocycles. The predicted octanol–water partition coefficient (Wildman–Crippen LogP) is 5.14. The predicted molar refractivity (Wildman–Crippen MR) is 114 cm³/mol. The lowest BCUT2D eigenvalue weighted by Crippen LogP contribution is -2.27. The monoisotopic (exact) mass is 386 g/mol. The van der Waals surface area contributed by atoms with Crippen molar-refractivity contribution < 1.29 is 14.3 Å². The van der Waals surface area contributed by atoms with Gasteiger partial charge in [-0.3, -0.25) is 4.79 Å². The topological polar surface area (TPSA) is 59.9 Å². The third-order valence-electron chi connectivity index (χ3n) is 4.99. The Kier molecular flexibility index (Phi) is 6.58. The number of hydrazone groups is 1. The van der Waals surface area contributed by atoms with Gasteiger partial charge >= 0.3 is 0 Å². The Bertz CT molecular complexity index is 793. The van der Waals surface area contributed by atoms with Gasteiger partial charge in [0.15, 0.2) is 11.5 Å². The molecule has 0 atom stereocenters. The second kappa shape index (κ2) is 8.38. The Labute approximate surface area is 169 Å². The fourth-order valence-corrected chi connectivity index (χ4v) is 2.75. The second-order valence-corrected chi connectivity index (χ2v) is 9.23.